The van der Waals surface area contributed by atoms with Gasteiger partial charge in [0, 0.05) is 29.6 Å². The van der Waals surface area contributed by atoms with Crippen LogP contribution in [-0.2, 0) is 16.0 Å². The van der Waals surface area contributed by atoms with Crippen molar-refractivity contribution in [3.05, 3.63) is 57.8 Å². The predicted molar refractivity (Wildman–Crippen MR) is 128 cm³/mol. The molecule has 0 radical (unpaired) electrons. The van der Waals surface area contributed by atoms with Gasteiger partial charge in [0.2, 0.25) is 0 Å². The van der Waals surface area contributed by atoms with Gasteiger partial charge in [-0.25, -0.2) is 9.18 Å². The maximum atomic E-state index is 13.6. The molecule has 0 aromatic heterocycles. The molecule has 0 spiro atoms. The predicted octanol–water partition coefficient (Wildman–Crippen LogP) is 4.76. The molecule has 1 N–H and O–H groups in total. The van der Waals surface area contributed by atoms with Gasteiger partial charge >= 0.3 is 6.09 Å². The van der Waals surface area contributed by atoms with Crippen molar-refractivity contribution in [2.45, 2.75) is 56.4 Å². The van der Waals surface area contributed by atoms with Crippen LogP contribution >= 0.6 is 23.2 Å². The van der Waals surface area contributed by atoms with Crippen molar-refractivity contribution in [1.82, 2.24) is 10.2 Å². The van der Waals surface area contributed by atoms with Gasteiger partial charge in [-0.05, 0) is 61.6 Å². The van der Waals surface area contributed by atoms with E-state index in [9.17, 15) is 14.0 Å². The summed E-state index contributed by atoms with van der Waals surface area (Å²) in [4.78, 5) is 26.9. The summed E-state index contributed by atoms with van der Waals surface area (Å²) in [6, 6.07) is 9.64. The molecule has 10 heteroatoms. The smallest absolute Gasteiger partial charge is 0.410 e. The lowest BCUT2D eigenvalue weighted by Gasteiger charge is -2.33. The number of hydrogen-bond donors (Lipinski definition) is 1. The SMILES string of the molecule is O=C(N[C@H]1CC[C@H](N2CC(COc3ccc(Cl)c(F)c3)OC2=O)CC1)C1Cc2cc(Cl)ccc2O1. The molecule has 1 saturated carbocycles. The van der Waals surface area contributed by atoms with Gasteiger partial charge in [0.15, 0.2) is 12.2 Å². The first-order valence-electron chi connectivity index (χ1n) is 11.7. The number of ether oxygens (including phenoxy) is 3. The molecule has 2 aromatic rings. The van der Waals surface area contributed by atoms with Crippen molar-refractivity contribution in [3.63, 3.8) is 0 Å². The van der Waals surface area contributed by atoms with Crippen molar-refractivity contribution in [3.8, 4) is 11.5 Å². The molecule has 2 unspecified atom stereocenters. The molecule has 3 aliphatic rings. The van der Waals surface area contributed by atoms with Crippen LogP contribution in [0.5, 0.6) is 11.5 Å². The van der Waals surface area contributed by atoms with Crippen molar-refractivity contribution in [2.75, 3.05) is 13.2 Å². The van der Waals surface area contributed by atoms with Crippen molar-refractivity contribution >= 4 is 35.2 Å². The largest absolute Gasteiger partial charge is 0.490 e. The van der Waals surface area contributed by atoms with Gasteiger partial charge in [-0.2, -0.15) is 0 Å². The molecule has 2 amide bonds. The summed E-state index contributed by atoms with van der Waals surface area (Å²) < 4.78 is 30.4. The fourth-order valence-corrected chi connectivity index (χ4v) is 5.18. The second kappa shape index (κ2) is 10.1. The molecule has 2 fully saturated rings. The number of halogens is 3. The van der Waals surface area contributed by atoms with E-state index in [1.165, 1.54) is 12.1 Å². The van der Waals surface area contributed by atoms with E-state index in [0.717, 1.165) is 31.2 Å². The second-order valence-electron chi connectivity index (χ2n) is 9.12. The summed E-state index contributed by atoms with van der Waals surface area (Å²) in [6.07, 6.45) is 2.19. The molecule has 2 heterocycles. The number of cyclic esters (lactones) is 1. The van der Waals surface area contributed by atoms with Gasteiger partial charge in [0.05, 0.1) is 11.6 Å². The number of nitrogens with one attached hydrogen (secondary N) is 1. The first kappa shape index (κ1) is 24.0. The van der Waals surface area contributed by atoms with E-state index in [-0.39, 0.29) is 35.7 Å². The quantitative estimate of drug-likeness (QED) is 0.591. The van der Waals surface area contributed by atoms with E-state index >= 15 is 0 Å². The van der Waals surface area contributed by atoms with Crippen LogP contribution in [0, 0.1) is 5.82 Å². The zero-order valence-electron chi connectivity index (χ0n) is 18.8. The van der Waals surface area contributed by atoms with Crippen LogP contribution in [0.25, 0.3) is 0 Å². The number of amides is 2. The minimum Gasteiger partial charge on any atom is -0.490 e. The molecule has 35 heavy (non-hydrogen) atoms. The highest BCUT2D eigenvalue weighted by Crippen LogP contribution is 2.32. The Morgan fingerprint density at radius 2 is 1.91 bits per heavy atom. The van der Waals surface area contributed by atoms with Crippen molar-refractivity contribution in [1.29, 1.82) is 0 Å². The summed E-state index contributed by atoms with van der Waals surface area (Å²) in [5.74, 6) is 0.337. The summed E-state index contributed by atoms with van der Waals surface area (Å²) in [5, 5.41) is 3.74. The third kappa shape index (κ3) is 5.43. The first-order chi connectivity index (χ1) is 16.9. The minimum atomic E-state index is -0.563. The number of carbonyl (C=O) groups excluding carboxylic acids is 2. The fourth-order valence-electron chi connectivity index (χ4n) is 4.87. The summed E-state index contributed by atoms with van der Waals surface area (Å²) >= 11 is 11.7. The van der Waals surface area contributed by atoms with Gasteiger partial charge in [0.25, 0.3) is 5.91 Å². The summed E-state index contributed by atoms with van der Waals surface area (Å²) in [7, 11) is 0. The Kier molecular flexibility index (Phi) is 6.93. The average Bonchev–Trinajstić information content (AvgIpc) is 3.43. The molecule has 186 valence electrons. The minimum absolute atomic E-state index is 0.0217. The second-order valence-corrected chi connectivity index (χ2v) is 9.97. The highest BCUT2D eigenvalue weighted by atomic mass is 35.5. The standard InChI is InChI=1S/C25H25Cl2FN2O5/c26-15-1-8-22-14(9-15)10-23(35-22)24(31)29-16-2-4-17(5-3-16)30-12-19(34-25(30)32)13-33-18-6-7-20(27)21(28)11-18/h1,6-9,11,16-17,19,23H,2-5,10,12-13H2,(H,29,31)/t16-,17-,19?,23?. The highest BCUT2D eigenvalue weighted by Gasteiger charge is 2.39. The van der Waals surface area contributed by atoms with E-state index in [2.05, 4.69) is 5.32 Å². The van der Waals surface area contributed by atoms with Gasteiger partial charge in [0.1, 0.15) is 23.9 Å². The van der Waals surface area contributed by atoms with Crippen LogP contribution in [0.2, 0.25) is 10.0 Å². The van der Waals surface area contributed by atoms with Crippen LogP contribution in [0.1, 0.15) is 31.2 Å². The molecule has 1 aliphatic carbocycles. The Bertz CT molecular complexity index is 1130. The van der Waals surface area contributed by atoms with E-state index in [4.69, 9.17) is 37.4 Å². The van der Waals surface area contributed by atoms with Crippen LogP contribution < -0.4 is 14.8 Å². The first-order valence-corrected chi connectivity index (χ1v) is 12.4. The molecular formula is C25H25Cl2FN2O5. The normalized spacial score (nSPS) is 25.6. The molecule has 2 aliphatic heterocycles. The van der Waals surface area contributed by atoms with Gasteiger partial charge in [-0.15, -0.1) is 0 Å². The molecular weight excluding hydrogens is 498 g/mol. The lowest BCUT2D eigenvalue weighted by atomic mass is 9.90. The van der Waals surface area contributed by atoms with Gasteiger partial charge in [-0.3, -0.25) is 4.79 Å². The molecule has 0 bridgehead atoms. The number of fused-ring (bicyclic) bond motifs is 1. The maximum absolute atomic E-state index is 13.6. The lowest BCUT2D eigenvalue weighted by molar-refractivity contribution is -0.128. The monoisotopic (exact) mass is 522 g/mol. The molecule has 1 saturated heterocycles. The third-order valence-corrected chi connectivity index (χ3v) is 7.24. The lowest BCUT2D eigenvalue weighted by Crippen LogP contribution is -2.47. The Labute approximate surface area is 212 Å². The molecule has 2 aromatic carbocycles. The molecule has 7 nitrogen and oxygen atoms in total. The van der Waals surface area contributed by atoms with Crippen LogP contribution in [0.3, 0.4) is 0 Å². The number of nitrogens with zero attached hydrogens (tertiary/aromatic N) is 1. The molecule has 2 atom stereocenters. The summed E-state index contributed by atoms with van der Waals surface area (Å²) in [5.41, 5.74) is 0.939. The van der Waals surface area contributed by atoms with E-state index in [1.807, 2.05) is 6.07 Å². The Balaban J connectivity index is 1.07. The van der Waals surface area contributed by atoms with Gasteiger partial charge < -0.3 is 24.4 Å². The van der Waals surface area contributed by atoms with Crippen LogP contribution in [0.15, 0.2) is 36.4 Å². The van der Waals surface area contributed by atoms with Crippen molar-refractivity contribution < 1.29 is 28.2 Å². The number of benzene rings is 2. The average molecular weight is 523 g/mol. The van der Waals surface area contributed by atoms with Crippen molar-refractivity contribution in [2.24, 2.45) is 0 Å². The number of hydrogen-bond acceptors (Lipinski definition) is 5. The Hall–Kier alpha value is -2.71. The maximum Gasteiger partial charge on any atom is 0.410 e. The van der Waals surface area contributed by atoms with E-state index < -0.39 is 18.0 Å². The number of carbonyl (C=O) groups is 2. The van der Waals surface area contributed by atoms with Gasteiger partial charge in [-0.1, -0.05) is 23.2 Å². The number of rotatable bonds is 6. The van der Waals surface area contributed by atoms with E-state index in [1.54, 1.807) is 23.1 Å². The third-order valence-electron chi connectivity index (χ3n) is 6.70. The summed E-state index contributed by atoms with van der Waals surface area (Å²) in [6.45, 7) is 0.539. The van der Waals surface area contributed by atoms with Crippen LogP contribution in [-0.4, -0.2) is 54.3 Å². The zero-order valence-corrected chi connectivity index (χ0v) is 20.4. The van der Waals surface area contributed by atoms with Crippen LogP contribution in [0.4, 0.5) is 9.18 Å². The molecule has 5 rings (SSSR count). The highest BCUT2D eigenvalue weighted by molar-refractivity contribution is 6.31. The Morgan fingerprint density at radius 3 is 2.69 bits per heavy atom. The Morgan fingerprint density at radius 1 is 1.11 bits per heavy atom. The van der Waals surface area contributed by atoms with E-state index in [0.29, 0.717) is 29.5 Å². The topological polar surface area (TPSA) is 77.1 Å². The fraction of sp³-hybridized carbons (Fsp3) is 0.440. The zero-order chi connectivity index (χ0) is 24.5.